The molecule has 1 amide bonds. The first kappa shape index (κ1) is 14.4. The number of aromatic nitrogens is 2. The summed E-state index contributed by atoms with van der Waals surface area (Å²) in [5, 5.41) is 8.05. The molecule has 1 aliphatic heterocycles. The second kappa shape index (κ2) is 5.98. The van der Waals surface area contributed by atoms with Gasteiger partial charge in [-0.25, -0.2) is 0 Å². The van der Waals surface area contributed by atoms with E-state index in [1.54, 1.807) is 11.0 Å². The minimum Gasteiger partial charge on any atom is -0.469 e. The number of rotatable bonds is 3. The molecule has 0 N–H and O–H groups in total. The van der Waals surface area contributed by atoms with Gasteiger partial charge in [0.1, 0.15) is 0 Å². The predicted octanol–water partition coefficient (Wildman–Crippen LogP) is 0.983. The van der Waals surface area contributed by atoms with Crippen LogP contribution in [0.15, 0.2) is 6.07 Å². The Labute approximate surface area is 118 Å². The molecule has 6 heteroatoms. The normalized spacial score (nSPS) is 18.1. The Morgan fingerprint density at radius 1 is 1.45 bits per heavy atom. The maximum atomic E-state index is 12.5. The van der Waals surface area contributed by atoms with Crippen LogP contribution in [0.2, 0.25) is 0 Å². The van der Waals surface area contributed by atoms with Crippen LogP contribution in [0, 0.1) is 12.8 Å². The third-order valence-electron chi connectivity index (χ3n) is 3.57. The summed E-state index contributed by atoms with van der Waals surface area (Å²) in [5.41, 5.74) is 2.00. The van der Waals surface area contributed by atoms with E-state index in [-0.39, 0.29) is 17.8 Å². The molecule has 1 atom stereocenters. The SMILES string of the molecule is CCc1nnc(C)cc1C(=O)N1CCC(C(=O)OC)C1. The van der Waals surface area contributed by atoms with Gasteiger partial charge in [-0.1, -0.05) is 6.92 Å². The molecule has 20 heavy (non-hydrogen) atoms. The highest BCUT2D eigenvalue weighted by molar-refractivity contribution is 5.96. The molecule has 0 radical (unpaired) electrons. The number of aryl methyl sites for hydroxylation is 2. The molecule has 6 nitrogen and oxygen atoms in total. The van der Waals surface area contributed by atoms with Gasteiger partial charge in [0.05, 0.1) is 30.0 Å². The molecular weight excluding hydrogens is 258 g/mol. The first-order chi connectivity index (χ1) is 9.56. The lowest BCUT2D eigenvalue weighted by molar-refractivity contribution is -0.144. The predicted molar refractivity (Wildman–Crippen MR) is 72.2 cm³/mol. The van der Waals surface area contributed by atoms with Gasteiger partial charge in [-0.05, 0) is 25.8 Å². The summed E-state index contributed by atoms with van der Waals surface area (Å²) >= 11 is 0. The lowest BCUT2D eigenvalue weighted by Gasteiger charge is -2.17. The van der Waals surface area contributed by atoms with Crippen molar-refractivity contribution in [2.24, 2.45) is 5.92 Å². The van der Waals surface area contributed by atoms with Crippen LogP contribution >= 0.6 is 0 Å². The van der Waals surface area contributed by atoms with E-state index in [2.05, 4.69) is 10.2 Å². The number of carbonyl (C=O) groups is 2. The molecule has 2 rings (SSSR count). The standard InChI is InChI=1S/C14H19N3O3/c1-4-12-11(7-9(2)15-16-12)13(18)17-6-5-10(8-17)14(19)20-3/h7,10H,4-6,8H2,1-3H3. The first-order valence-electron chi connectivity index (χ1n) is 6.77. The molecule has 0 aromatic carbocycles. The lowest BCUT2D eigenvalue weighted by atomic mass is 10.1. The van der Waals surface area contributed by atoms with Gasteiger partial charge in [0.2, 0.25) is 0 Å². The van der Waals surface area contributed by atoms with Crippen molar-refractivity contribution in [3.63, 3.8) is 0 Å². The van der Waals surface area contributed by atoms with Crippen LogP contribution in [0.4, 0.5) is 0 Å². The van der Waals surface area contributed by atoms with Crippen molar-refractivity contribution >= 4 is 11.9 Å². The maximum absolute atomic E-state index is 12.5. The minimum absolute atomic E-state index is 0.0775. The van der Waals surface area contributed by atoms with Crippen LogP contribution in [0.1, 0.15) is 35.1 Å². The Morgan fingerprint density at radius 3 is 2.85 bits per heavy atom. The zero-order valence-corrected chi connectivity index (χ0v) is 12.0. The summed E-state index contributed by atoms with van der Waals surface area (Å²) in [6.07, 6.45) is 1.31. The monoisotopic (exact) mass is 277 g/mol. The van der Waals surface area contributed by atoms with E-state index in [1.807, 2.05) is 13.8 Å². The van der Waals surface area contributed by atoms with E-state index in [0.717, 1.165) is 0 Å². The number of esters is 1. The van der Waals surface area contributed by atoms with Crippen LogP contribution in [-0.4, -0.2) is 47.2 Å². The number of carbonyl (C=O) groups excluding carboxylic acids is 2. The molecule has 1 unspecified atom stereocenters. The van der Waals surface area contributed by atoms with Crippen molar-refractivity contribution in [3.8, 4) is 0 Å². The first-order valence-corrected chi connectivity index (χ1v) is 6.77. The van der Waals surface area contributed by atoms with Crippen LogP contribution in [-0.2, 0) is 16.0 Å². The molecule has 1 aliphatic rings. The van der Waals surface area contributed by atoms with E-state index in [0.29, 0.717) is 42.9 Å². The van der Waals surface area contributed by atoms with E-state index in [1.165, 1.54) is 7.11 Å². The molecule has 0 bridgehead atoms. The smallest absolute Gasteiger partial charge is 0.310 e. The van der Waals surface area contributed by atoms with Gasteiger partial charge in [0.15, 0.2) is 0 Å². The van der Waals surface area contributed by atoms with Crippen molar-refractivity contribution in [2.75, 3.05) is 20.2 Å². The second-order valence-corrected chi connectivity index (χ2v) is 4.96. The highest BCUT2D eigenvalue weighted by Gasteiger charge is 2.32. The van der Waals surface area contributed by atoms with Crippen LogP contribution in [0.3, 0.4) is 0 Å². The molecule has 0 aliphatic carbocycles. The maximum Gasteiger partial charge on any atom is 0.310 e. The molecule has 108 valence electrons. The molecule has 1 aromatic rings. The van der Waals surface area contributed by atoms with Crippen molar-refractivity contribution < 1.29 is 14.3 Å². The molecule has 1 saturated heterocycles. The number of nitrogens with zero attached hydrogens (tertiary/aromatic N) is 3. The number of likely N-dealkylation sites (tertiary alicyclic amines) is 1. The van der Waals surface area contributed by atoms with Gasteiger partial charge in [-0.3, -0.25) is 9.59 Å². The van der Waals surface area contributed by atoms with E-state index < -0.39 is 0 Å². The number of hydrogen-bond acceptors (Lipinski definition) is 5. The molecule has 1 fully saturated rings. The van der Waals surface area contributed by atoms with E-state index in [4.69, 9.17) is 4.74 Å². The number of methoxy groups -OCH3 is 1. The number of hydrogen-bond donors (Lipinski definition) is 0. The van der Waals surface area contributed by atoms with Crippen molar-refractivity contribution in [3.05, 3.63) is 23.0 Å². The van der Waals surface area contributed by atoms with Gasteiger partial charge < -0.3 is 9.64 Å². The van der Waals surface area contributed by atoms with Gasteiger partial charge in [0.25, 0.3) is 5.91 Å². The summed E-state index contributed by atoms with van der Waals surface area (Å²) in [4.78, 5) is 25.7. The summed E-state index contributed by atoms with van der Waals surface area (Å²) in [5.74, 6) is -0.545. The average molecular weight is 277 g/mol. The number of amides is 1. The topological polar surface area (TPSA) is 72.4 Å². The van der Waals surface area contributed by atoms with E-state index >= 15 is 0 Å². The van der Waals surface area contributed by atoms with Crippen LogP contribution in [0.5, 0.6) is 0 Å². The van der Waals surface area contributed by atoms with Crippen molar-refractivity contribution in [1.82, 2.24) is 15.1 Å². The zero-order chi connectivity index (χ0) is 14.7. The van der Waals surface area contributed by atoms with Gasteiger partial charge in [-0.2, -0.15) is 10.2 Å². The highest BCUT2D eigenvalue weighted by atomic mass is 16.5. The average Bonchev–Trinajstić information content (AvgIpc) is 2.95. The Hall–Kier alpha value is -1.98. The van der Waals surface area contributed by atoms with Crippen LogP contribution in [0.25, 0.3) is 0 Å². The Balaban J connectivity index is 2.17. The molecular formula is C14H19N3O3. The number of ether oxygens (including phenoxy) is 1. The Morgan fingerprint density at radius 2 is 2.20 bits per heavy atom. The Bertz CT molecular complexity index is 530. The zero-order valence-electron chi connectivity index (χ0n) is 12.0. The van der Waals surface area contributed by atoms with Gasteiger partial charge in [-0.15, -0.1) is 0 Å². The summed E-state index contributed by atoms with van der Waals surface area (Å²) in [6.45, 7) is 4.74. The molecule has 1 aromatic heterocycles. The molecule has 2 heterocycles. The summed E-state index contributed by atoms with van der Waals surface area (Å²) < 4.78 is 4.73. The van der Waals surface area contributed by atoms with E-state index in [9.17, 15) is 9.59 Å². The fraction of sp³-hybridized carbons (Fsp3) is 0.571. The third kappa shape index (κ3) is 2.79. The second-order valence-electron chi connectivity index (χ2n) is 4.96. The largest absolute Gasteiger partial charge is 0.469 e. The fourth-order valence-electron chi connectivity index (χ4n) is 2.43. The lowest BCUT2D eigenvalue weighted by Crippen LogP contribution is -2.31. The Kier molecular flexibility index (Phi) is 4.32. The molecule has 0 saturated carbocycles. The minimum atomic E-state index is -0.250. The molecule has 0 spiro atoms. The van der Waals surface area contributed by atoms with Crippen molar-refractivity contribution in [1.29, 1.82) is 0 Å². The van der Waals surface area contributed by atoms with Crippen molar-refractivity contribution in [2.45, 2.75) is 26.7 Å². The van der Waals surface area contributed by atoms with Gasteiger partial charge >= 0.3 is 5.97 Å². The quantitative estimate of drug-likeness (QED) is 0.770. The highest BCUT2D eigenvalue weighted by Crippen LogP contribution is 2.21. The third-order valence-corrected chi connectivity index (χ3v) is 3.57. The summed E-state index contributed by atoms with van der Waals surface area (Å²) in [6, 6.07) is 1.76. The fourth-order valence-corrected chi connectivity index (χ4v) is 2.43. The van der Waals surface area contributed by atoms with Gasteiger partial charge in [0, 0.05) is 13.1 Å². The summed E-state index contributed by atoms with van der Waals surface area (Å²) in [7, 11) is 1.37. The van der Waals surface area contributed by atoms with Crippen LogP contribution < -0.4 is 0 Å².